The first-order valence-electron chi connectivity index (χ1n) is 13.9. The standard InChI is InChI=1S/C34H38N2O2S/c1-20(2)33-31-24(6)30-26-15-16-35(7)29(26)14-13-27(30)32(25-11-9-8-10-12-25)28(31)19-36(33)39(37,38)34-22(4)17-21(3)18-23(34)5/h8-18,20,28,31-33H,6,19H2,1-5,7H3/t28-,31+,32-,33-/m0/s1. The smallest absolute Gasteiger partial charge is 0.243 e. The number of benzene rings is 3. The number of hydrogen-bond donors (Lipinski definition) is 0. The van der Waals surface area contributed by atoms with Crippen LogP contribution in [0, 0.1) is 38.5 Å². The van der Waals surface area contributed by atoms with Crippen molar-refractivity contribution in [2.24, 2.45) is 24.8 Å². The van der Waals surface area contributed by atoms with Gasteiger partial charge in [0.05, 0.1) is 4.90 Å². The van der Waals surface area contributed by atoms with Gasteiger partial charge in [0.25, 0.3) is 0 Å². The average Bonchev–Trinajstić information content (AvgIpc) is 3.46. The van der Waals surface area contributed by atoms with E-state index in [0.717, 1.165) is 22.3 Å². The van der Waals surface area contributed by atoms with Crippen LogP contribution in [-0.4, -0.2) is 29.9 Å². The number of nitrogens with zero attached hydrogens (tertiary/aromatic N) is 2. The van der Waals surface area contributed by atoms with Crippen molar-refractivity contribution < 1.29 is 8.42 Å². The van der Waals surface area contributed by atoms with Gasteiger partial charge in [0.15, 0.2) is 0 Å². The summed E-state index contributed by atoms with van der Waals surface area (Å²) in [5.41, 5.74) is 8.67. The normalized spacial score (nSPS) is 23.4. The van der Waals surface area contributed by atoms with Crippen LogP contribution >= 0.6 is 0 Å². The van der Waals surface area contributed by atoms with E-state index in [1.807, 2.05) is 37.2 Å². The Balaban J connectivity index is 1.58. The van der Waals surface area contributed by atoms with Gasteiger partial charge in [-0.2, -0.15) is 4.31 Å². The summed E-state index contributed by atoms with van der Waals surface area (Å²) >= 11 is 0. The zero-order chi connectivity index (χ0) is 27.8. The van der Waals surface area contributed by atoms with Crippen molar-refractivity contribution in [1.29, 1.82) is 0 Å². The van der Waals surface area contributed by atoms with E-state index in [1.165, 1.54) is 27.6 Å². The number of aryl methyl sites for hydroxylation is 4. The highest BCUT2D eigenvalue weighted by Crippen LogP contribution is 2.57. The number of fused-ring (bicyclic) bond motifs is 4. The van der Waals surface area contributed by atoms with Crippen molar-refractivity contribution in [3.8, 4) is 0 Å². The van der Waals surface area contributed by atoms with E-state index >= 15 is 0 Å². The minimum atomic E-state index is -3.74. The van der Waals surface area contributed by atoms with E-state index in [-0.39, 0.29) is 29.7 Å². The summed E-state index contributed by atoms with van der Waals surface area (Å²) in [6.07, 6.45) is 2.11. The van der Waals surface area contributed by atoms with E-state index in [9.17, 15) is 8.42 Å². The molecule has 0 bridgehead atoms. The van der Waals surface area contributed by atoms with Gasteiger partial charge in [-0.3, -0.25) is 0 Å². The Bertz CT molecular complexity index is 1690. The van der Waals surface area contributed by atoms with Crippen LogP contribution in [0.5, 0.6) is 0 Å². The quantitative estimate of drug-likeness (QED) is 0.275. The molecule has 202 valence electrons. The van der Waals surface area contributed by atoms with Gasteiger partial charge in [-0.05, 0) is 78.1 Å². The van der Waals surface area contributed by atoms with Gasteiger partial charge < -0.3 is 4.57 Å². The lowest BCUT2D eigenvalue weighted by Crippen LogP contribution is -2.42. The Labute approximate surface area is 233 Å². The maximum Gasteiger partial charge on any atom is 0.243 e. The molecule has 4 nitrogen and oxygen atoms in total. The first-order chi connectivity index (χ1) is 18.5. The first kappa shape index (κ1) is 26.1. The van der Waals surface area contributed by atoms with Crippen LogP contribution in [0.15, 0.2) is 78.3 Å². The second-order valence-electron chi connectivity index (χ2n) is 12.0. The maximum absolute atomic E-state index is 14.6. The van der Waals surface area contributed by atoms with E-state index in [2.05, 4.69) is 80.2 Å². The second kappa shape index (κ2) is 9.21. The number of aromatic nitrogens is 1. The highest BCUT2D eigenvalue weighted by molar-refractivity contribution is 7.89. The molecule has 5 heteroatoms. The van der Waals surface area contributed by atoms with Crippen LogP contribution < -0.4 is 0 Å². The summed E-state index contributed by atoms with van der Waals surface area (Å²) in [7, 11) is -1.66. The minimum absolute atomic E-state index is 0.0225. The third kappa shape index (κ3) is 3.85. The molecule has 0 saturated carbocycles. The van der Waals surface area contributed by atoms with Gasteiger partial charge in [0.1, 0.15) is 0 Å². The van der Waals surface area contributed by atoms with Gasteiger partial charge in [0.2, 0.25) is 10.0 Å². The third-order valence-electron chi connectivity index (χ3n) is 9.15. The second-order valence-corrected chi connectivity index (χ2v) is 13.9. The minimum Gasteiger partial charge on any atom is -0.351 e. The van der Waals surface area contributed by atoms with Crippen LogP contribution in [-0.2, 0) is 17.1 Å². The topological polar surface area (TPSA) is 42.3 Å². The van der Waals surface area contributed by atoms with E-state index in [4.69, 9.17) is 6.58 Å². The third-order valence-corrected chi connectivity index (χ3v) is 11.3. The monoisotopic (exact) mass is 538 g/mol. The van der Waals surface area contributed by atoms with Crippen molar-refractivity contribution in [3.63, 3.8) is 0 Å². The van der Waals surface area contributed by atoms with Crippen molar-refractivity contribution in [2.75, 3.05) is 6.54 Å². The molecular weight excluding hydrogens is 500 g/mol. The molecule has 0 N–H and O–H groups in total. The summed E-state index contributed by atoms with van der Waals surface area (Å²) in [5.74, 6) is 0.338. The fourth-order valence-corrected chi connectivity index (χ4v) is 10.0. The Kier molecular flexibility index (Phi) is 6.16. The Morgan fingerprint density at radius 3 is 2.26 bits per heavy atom. The fourth-order valence-electron chi connectivity index (χ4n) is 7.82. The Morgan fingerprint density at radius 2 is 1.62 bits per heavy atom. The molecule has 1 aromatic heterocycles. The molecule has 4 aromatic rings. The molecule has 0 spiro atoms. The summed E-state index contributed by atoms with van der Waals surface area (Å²) in [5, 5.41) is 1.20. The lowest BCUT2D eigenvalue weighted by Gasteiger charge is -2.40. The molecule has 1 aliphatic heterocycles. The molecule has 0 amide bonds. The van der Waals surface area contributed by atoms with Gasteiger partial charge >= 0.3 is 0 Å². The molecule has 1 saturated heterocycles. The molecule has 4 atom stereocenters. The molecule has 3 aromatic carbocycles. The van der Waals surface area contributed by atoms with Gasteiger partial charge in [0, 0.05) is 48.6 Å². The van der Waals surface area contributed by atoms with Gasteiger partial charge in [-0.15, -0.1) is 0 Å². The number of rotatable bonds is 4. The Hall–Kier alpha value is -3.15. The van der Waals surface area contributed by atoms with Crippen molar-refractivity contribution in [1.82, 2.24) is 8.87 Å². The van der Waals surface area contributed by atoms with Crippen LogP contribution in [0.3, 0.4) is 0 Å². The van der Waals surface area contributed by atoms with Crippen LogP contribution in [0.1, 0.15) is 53.1 Å². The van der Waals surface area contributed by atoms with Crippen LogP contribution in [0.4, 0.5) is 0 Å². The maximum atomic E-state index is 14.6. The molecular formula is C34H38N2O2S. The SMILES string of the molecule is C=C1c2c(ccc3c2ccn3C)[C@H](c2ccccc2)[C@H]2CN(S(=O)(=O)c3c(C)cc(C)cc3C)[C@@H](C(C)C)[C@H]12. The molecule has 0 unspecified atom stereocenters. The summed E-state index contributed by atoms with van der Waals surface area (Å²) in [6.45, 7) is 15.4. The number of sulfonamides is 1. The van der Waals surface area contributed by atoms with Crippen molar-refractivity contribution >= 4 is 26.5 Å². The largest absolute Gasteiger partial charge is 0.351 e. The zero-order valence-corrected chi connectivity index (χ0v) is 24.6. The molecule has 0 radical (unpaired) electrons. The van der Waals surface area contributed by atoms with Crippen LogP contribution in [0.25, 0.3) is 16.5 Å². The van der Waals surface area contributed by atoms with Crippen molar-refractivity contribution in [3.05, 3.63) is 107 Å². The summed E-state index contributed by atoms with van der Waals surface area (Å²) < 4.78 is 33.1. The number of hydrogen-bond acceptors (Lipinski definition) is 2. The summed E-state index contributed by atoms with van der Waals surface area (Å²) in [4.78, 5) is 0.460. The van der Waals surface area contributed by atoms with E-state index in [1.54, 1.807) is 0 Å². The summed E-state index contributed by atoms with van der Waals surface area (Å²) in [6, 6.07) is 21.1. The molecule has 1 fully saturated rings. The molecule has 6 rings (SSSR count). The highest BCUT2D eigenvalue weighted by atomic mass is 32.2. The Morgan fingerprint density at radius 1 is 0.949 bits per heavy atom. The van der Waals surface area contributed by atoms with E-state index in [0.29, 0.717) is 11.4 Å². The molecule has 1 aliphatic carbocycles. The first-order valence-corrected chi connectivity index (χ1v) is 15.4. The predicted molar refractivity (Wildman–Crippen MR) is 160 cm³/mol. The lowest BCUT2D eigenvalue weighted by atomic mass is 9.63. The predicted octanol–water partition coefficient (Wildman–Crippen LogP) is 7.22. The van der Waals surface area contributed by atoms with Gasteiger partial charge in [-0.25, -0.2) is 8.42 Å². The molecule has 39 heavy (non-hydrogen) atoms. The lowest BCUT2D eigenvalue weighted by molar-refractivity contribution is 0.285. The van der Waals surface area contributed by atoms with E-state index < -0.39 is 10.0 Å². The van der Waals surface area contributed by atoms with Crippen molar-refractivity contribution in [2.45, 2.75) is 51.5 Å². The molecule has 2 heterocycles. The molecule has 2 aliphatic rings. The van der Waals surface area contributed by atoms with Crippen LogP contribution in [0.2, 0.25) is 0 Å². The zero-order valence-electron chi connectivity index (χ0n) is 23.8. The average molecular weight is 539 g/mol. The van der Waals surface area contributed by atoms with Gasteiger partial charge in [-0.1, -0.05) is 74.5 Å². The fraction of sp³-hybridized carbons (Fsp3) is 0.353. The highest BCUT2D eigenvalue weighted by Gasteiger charge is 2.55.